The number of hydrogen-bond acceptors (Lipinski definition) is 3. The summed E-state index contributed by atoms with van der Waals surface area (Å²) in [5.41, 5.74) is 11.4. The van der Waals surface area contributed by atoms with Gasteiger partial charge in [-0.05, 0) is 47.9 Å². The van der Waals surface area contributed by atoms with Gasteiger partial charge in [0, 0.05) is 25.0 Å². The van der Waals surface area contributed by atoms with Crippen LogP contribution in [0, 0.1) is 6.92 Å². The summed E-state index contributed by atoms with van der Waals surface area (Å²) in [6.07, 6.45) is 6.20. The zero-order valence-corrected chi connectivity index (χ0v) is 12.7. The van der Waals surface area contributed by atoms with Crippen molar-refractivity contribution in [3.8, 4) is 0 Å². The van der Waals surface area contributed by atoms with E-state index in [0.717, 1.165) is 41.9 Å². The molecular weight excluding hydrogens is 265 g/mol. The summed E-state index contributed by atoms with van der Waals surface area (Å²) >= 11 is 0. The number of aromatic nitrogens is 1. The Hall–Kier alpha value is -2.10. The van der Waals surface area contributed by atoms with E-state index in [9.17, 15) is 4.39 Å². The van der Waals surface area contributed by atoms with E-state index < -0.39 is 6.67 Å². The SMILES string of the molecule is C=C1C(/C=C\N)=C(CC)CN1Cc1cnc(CF)c(C)c1. The summed E-state index contributed by atoms with van der Waals surface area (Å²) in [6.45, 7) is 9.26. The van der Waals surface area contributed by atoms with Gasteiger partial charge in [-0.2, -0.15) is 0 Å². The Bertz CT molecular complexity index is 602. The van der Waals surface area contributed by atoms with Crippen LogP contribution < -0.4 is 5.73 Å². The Morgan fingerprint density at radius 2 is 2.29 bits per heavy atom. The van der Waals surface area contributed by atoms with Crippen molar-refractivity contribution < 1.29 is 4.39 Å². The van der Waals surface area contributed by atoms with E-state index >= 15 is 0 Å². The standard InChI is InChI=1S/C17H22FN3/c1-4-15-11-21(13(3)16(15)5-6-19)10-14-7-12(2)17(8-18)20-9-14/h5-7,9H,3-4,8,10-11,19H2,1-2H3/b6-5-. The van der Waals surface area contributed by atoms with Crippen LogP contribution in [0.3, 0.4) is 0 Å². The molecule has 2 N–H and O–H groups in total. The highest BCUT2D eigenvalue weighted by atomic mass is 19.1. The average molecular weight is 287 g/mol. The van der Waals surface area contributed by atoms with Crippen molar-refractivity contribution in [2.24, 2.45) is 5.73 Å². The maximum absolute atomic E-state index is 12.7. The summed E-state index contributed by atoms with van der Waals surface area (Å²) in [5.74, 6) is 0. The topological polar surface area (TPSA) is 42.1 Å². The van der Waals surface area contributed by atoms with Gasteiger partial charge >= 0.3 is 0 Å². The minimum absolute atomic E-state index is 0.512. The molecule has 3 nitrogen and oxygen atoms in total. The van der Waals surface area contributed by atoms with Gasteiger partial charge in [0.1, 0.15) is 6.67 Å². The molecule has 0 unspecified atom stereocenters. The lowest BCUT2D eigenvalue weighted by molar-refractivity contribution is 0.391. The van der Waals surface area contributed by atoms with E-state index in [1.807, 2.05) is 19.1 Å². The molecular formula is C17H22FN3. The Balaban J connectivity index is 2.15. The molecule has 0 radical (unpaired) electrons. The average Bonchev–Trinajstić information content (AvgIpc) is 2.77. The molecule has 4 heteroatoms. The lowest BCUT2D eigenvalue weighted by atomic mass is 10.1. The minimum atomic E-state index is -0.518. The van der Waals surface area contributed by atoms with Gasteiger partial charge in [0.2, 0.25) is 0 Å². The highest BCUT2D eigenvalue weighted by molar-refractivity contribution is 5.46. The molecule has 0 amide bonds. The second-order valence-corrected chi connectivity index (χ2v) is 5.27. The van der Waals surface area contributed by atoms with Crippen LogP contribution >= 0.6 is 0 Å². The fraction of sp³-hybridized carbons (Fsp3) is 0.353. The van der Waals surface area contributed by atoms with Crippen LogP contribution in [0.25, 0.3) is 0 Å². The van der Waals surface area contributed by atoms with E-state index in [1.165, 1.54) is 5.57 Å². The van der Waals surface area contributed by atoms with E-state index in [1.54, 1.807) is 12.4 Å². The molecule has 0 fully saturated rings. The molecule has 1 aliphatic rings. The van der Waals surface area contributed by atoms with Crippen LogP contribution in [-0.2, 0) is 13.2 Å². The summed E-state index contributed by atoms with van der Waals surface area (Å²) in [6, 6.07) is 2.00. The zero-order valence-electron chi connectivity index (χ0n) is 12.7. The van der Waals surface area contributed by atoms with Gasteiger partial charge in [-0.1, -0.05) is 19.6 Å². The van der Waals surface area contributed by atoms with Gasteiger partial charge < -0.3 is 10.6 Å². The molecule has 0 spiro atoms. The van der Waals surface area contributed by atoms with E-state index in [2.05, 4.69) is 23.4 Å². The van der Waals surface area contributed by atoms with Crippen LogP contribution in [0.2, 0.25) is 0 Å². The normalized spacial score (nSPS) is 15.6. The number of nitrogens with zero attached hydrogens (tertiary/aromatic N) is 2. The number of aryl methyl sites for hydroxylation is 1. The number of nitrogens with two attached hydrogens (primary N) is 1. The molecule has 1 aliphatic heterocycles. The smallest absolute Gasteiger partial charge is 0.132 e. The molecule has 2 heterocycles. The first kappa shape index (κ1) is 15.3. The largest absolute Gasteiger partial charge is 0.405 e. The van der Waals surface area contributed by atoms with Crippen molar-refractivity contribution in [2.45, 2.75) is 33.5 Å². The Morgan fingerprint density at radius 3 is 2.86 bits per heavy atom. The van der Waals surface area contributed by atoms with Crippen molar-refractivity contribution in [3.05, 3.63) is 64.8 Å². The van der Waals surface area contributed by atoms with E-state index in [0.29, 0.717) is 5.69 Å². The molecule has 0 aliphatic carbocycles. The molecule has 0 atom stereocenters. The van der Waals surface area contributed by atoms with Crippen molar-refractivity contribution >= 4 is 0 Å². The van der Waals surface area contributed by atoms with E-state index in [-0.39, 0.29) is 0 Å². The maximum atomic E-state index is 12.7. The highest BCUT2D eigenvalue weighted by Crippen LogP contribution is 2.31. The van der Waals surface area contributed by atoms with Crippen LogP contribution in [0.4, 0.5) is 4.39 Å². The molecule has 1 aromatic rings. The molecule has 2 rings (SSSR count). The maximum Gasteiger partial charge on any atom is 0.132 e. The van der Waals surface area contributed by atoms with Gasteiger partial charge in [-0.15, -0.1) is 0 Å². The van der Waals surface area contributed by atoms with Gasteiger partial charge in [0.25, 0.3) is 0 Å². The first-order valence-corrected chi connectivity index (χ1v) is 7.15. The third kappa shape index (κ3) is 3.15. The Labute approximate surface area is 125 Å². The molecule has 1 aromatic heterocycles. The van der Waals surface area contributed by atoms with Crippen molar-refractivity contribution in [2.75, 3.05) is 6.54 Å². The minimum Gasteiger partial charge on any atom is -0.405 e. The fourth-order valence-electron chi connectivity index (χ4n) is 2.66. The molecule has 0 saturated carbocycles. The first-order chi connectivity index (χ1) is 10.1. The predicted octanol–water partition coefficient (Wildman–Crippen LogP) is 3.37. The number of pyridine rings is 1. The summed E-state index contributed by atoms with van der Waals surface area (Å²) < 4.78 is 12.7. The summed E-state index contributed by atoms with van der Waals surface area (Å²) in [4.78, 5) is 6.39. The predicted molar refractivity (Wildman–Crippen MR) is 84.0 cm³/mol. The molecule has 0 aromatic carbocycles. The lowest BCUT2D eigenvalue weighted by Gasteiger charge is -2.21. The summed E-state index contributed by atoms with van der Waals surface area (Å²) in [5, 5.41) is 0. The second-order valence-electron chi connectivity index (χ2n) is 5.27. The third-order valence-corrected chi connectivity index (χ3v) is 3.89. The lowest BCUT2D eigenvalue weighted by Crippen LogP contribution is -2.19. The third-order valence-electron chi connectivity index (χ3n) is 3.89. The monoisotopic (exact) mass is 287 g/mol. The first-order valence-electron chi connectivity index (χ1n) is 7.15. The highest BCUT2D eigenvalue weighted by Gasteiger charge is 2.22. The van der Waals surface area contributed by atoms with E-state index in [4.69, 9.17) is 5.73 Å². The van der Waals surface area contributed by atoms with Crippen LogP contribution in [0.1, 0.15) is 30.2 Å². The van der Waals surface area contributed by atoms with Gasteiger partial charge in [-0.25, -0.2) is 4.39 Å². The zero-order chi connectivity index (χ0) is 15.4. The number of allylic oxidation sites excluding steroid dienone is 1. The fourth-order valence-corrected chi connectivity index (χ4v) is 2.66. The molecule has 21 heavy (non-hydrogen) atoms. The number of halogens is 1. The van der Waals surface area contributed by atoms with Crippen molar-refractivity contribution in [1.82, 2.24) is 9.88 Å². The Kier molecular flexibility index (Phi) is 4.78. The number of hydrogen-bond donors (Lipinski definition) is 1. The van der Waals surface area contributed by atoms with Crippen LogP contribution in [0.5, 0.6) is 0 Å². The number of alkyl halides is 1. The van der Waals surface area contributed by atoms with Gasteiger partial charge in [-0.3, -0.25) is 4.98 Å². The van der Waals surface area contributed by atoms with Crippen LogP contribution in [-0.4, -0.2) is 16.4 Å². The molecule has 112 valence electrons. The number of rotatable bonds is 5. The van der Waals surface area contributed by atoms with Gasteiger partial charge in [0.15, 0.2) is 0 Å². The molecule has 0 bridgehead atoms. The summed E-state index contributed by atoms with van der Waals surface area (Å²) in [7, 11) is 0. The second kappa shape index (κ2) is 6.57. The Morgan fingerprint density at radius 1 is 1.52 bits per heavy atom. The quantitative estimate of drug-likeness (QED) is 0.903. The van der Waals surface area contributed by atoms with Gasteiger partial charge in [0.05, 0.1) is 5.69 Å². The van der Waals surface area contributed by atoms with Crippen LogP contribution in [0.15, 0.2) is 48.0 Å². The van der Waals surface area contributed by atoms with Crippen molar-refractivity contribution in [3.63, 3.8) is 0 Å². The molecule has 0 saturated heterocycles. The van der Waals surface area contributed by atoms with Crippen molar-refractivity contribution in [1.29, 1.82) is 0 Å².